The third-order valence-corrected chi connectivity index (χ3v) is 3.48. The highest BCUT2D eigenvalue weighted by Crippen LogP contribution is 2.27. The molecule has 0 saturated heterocycles. The molecule has 0 radical (unpaired) electrons. The van der Waals surface area contributed by atoms with Crippen molar-refractivity contribution >= 4 is 29.1 Å². The predicted molar refractivity (Wildman–Crippen MR) is 65.0 cm³/mol. The normalized spacial score (nSPS) is 10.4. The molecule has 84 valence electrons. The van der Waals surface area contributed by atoms with Gasteiger partial charge in [-0.3, -0.25) is 0 Å². The standard InChI is InChI=1S/C9H11N5S2/c1-3-10-7-4-8(12-5-11-7)15-9-13-6(2)14-16-9/h4-5H,3H2,1-2H3,(H,10,11,12). The monoisotopic (exact) mass is 253 g/mol. The summed E-state index contributed by atoms with van der Waals surface area (Å²) in [5.74, 6) is 1.63. The Balaban J connectivity index is 2.12. The average Bonchev–Trinajstić information content (AvgIpc) is 2.65. The molecule has 0 fully saturated rings. The first kappa shape index (κ1) is 11.3. The topological polar surface area (TPSA) is 63.6 Å². The molecule has 0 amide bonds. The van der Waals surface area contributed by atoms with Gasteiger partial charge in [-0.2, -0.15) is 4.37 Å². The third kappa shape index (κ3) is 2.89. The first-order chi connectivity index (χ1) is 7.78. The van der Waals surface area contributed by atoms with Gasteiger partial charge in [-0.25, -0.2) is 15.0 Å². The van der Waals surface area contributed by atoms with Gasteiger partial charge in [-0.05, 0) is 37.1 Å². The summed E-state index contributed by atoms with van der Waals surface area (Å²) in [6.45, 7) is 4.76. The van der Waals surface area contributed by atoms with E-state index in [1.807, 2.05) is 19.9 Å². The zero-order valence-electron chi connectivity index (χ0n) is 8.97. The molecule has 1 N–H and O–H groups in total. The lowest BCUT2D eigenvalue weighted by Gasteiger charge is -2.02. The SMILES string of the molecule is CCNc1cc(Sc2nc(C)ns2)ncn1. The van der Waals surface area contributed by atoms with Crippen LogP contribution in [0, 0.1) is 6.92 Å². The maximum atomic E-state index is 4.27. The Hall–Kier alpha value is -1.21. The van der Waals surface area contributed by atoms with E-state index in [9.17, 15) is 0 Å². The molecular formula is C9H11N5S2. The predicted octanol–water partition coefficient (Wildman–Crippen LogP) is 2.22. The minimum atomic E-state index is 0.800. The lowest BCUT2D eigenvalue weighted by atomic mass is 10.5. The summed E-state index contributed by atoms with van der Waals surface area (Å²) in [4.78, 5) is 12.6. The lowest BCUT2D eigenvalue weighted by Crippen LogP contribution is -1.99. The Bertz CT molecular complexity index is 470. The van der Waals surface area contributed by atoms with Gasteiger partial charge < -0.3 is 5.32 Å². The van der Waals surface area contributed by atoms with E-state index < -0.39 is 0 Å². The van der Waals surface area contributed by atoms with Gasteiger partial charge in [0.2, 0.25) is 0 Å². The quantitative estimate of drug-likeness (QED) is 0.843. The molecule has 0 aliphatic rings. The zero-order chi connectivity index (χ0) is 11.4. The molecule has 0 bridgehead atoms. The first-order valence-corrected chi connectivity index (χ1v) is 6.41. The van der Waals surface area contributed by atoms with Crippen molar-refractivity contribution in [2.45, 2.75) is 23.2 Å². The zero-order valence-corrected chi connectivity index (χ0v) is 10.6. The molecule has 0 aliphatic carbocycles. The van der Waals surface area contributed by atoms with Crippen LogP contribution < -0.4 is 5.32 Å². The Morgan fingerprint density at radius 1 is 1.44 bits per heavy atom. The molecule has 0 unspecified atom stereocenters. The fraction of sp³-hybridized carbons (Fsp3) is 0.333. The number of nitrogens with zero attached hydrogens (tertiary/aromatic N) is 4. The summed E-state index contributed by atoms with van der Waals surface area (Å²) in [5, 5.41) is 4.02. The van der Waals surface area contributed by atoms with Crippen LogP contribution >= 0.6 is 23.3 Å². The summed E-state index contributed by atoms with van der Waals surface area (Å²) in [5.41, 5.74) is 0. The van der Waals surface area contributed by atoms with Crippen molar-refractivity contribution in [3.8, 4) is 0 Å². The molecular weight excluding hydrogens is 242 g/mol. The molecule has 0 aliphatic heterocycles. The van der Waals surface area contributed by atoms with Crippen molar-refractivity contribution in [1.29, 1.82) is 0 Å². The second-order valence-corrected chi connectivity index (χ2v) is 5.00. The van der Waals surface area contributed by atoms with E-state index in [1.54, 1.807) is 6.33 Å². The number of rotatable bonds is 4. The molecule has 0 atom stereocenters. The van der Waals surface area contributed by atoms with E-state index in [4.69, 9.17) is 0 Å². The van der Waals surface area contributed by atoms with Crippen LogP contribution in [0.4, 0.5) is 5.82 Å². The number of aromatic nitrogens is 4. The van der Waals surface area contributed by atoms with Crippen LogP contribution in [-0.4, -0.2) is 25.9 Å². The van der Waals surface area contributed by atoms with Crippen molar-refractivity contribution in [1.82, 2.24) is 19.3 Å². The fourth-order valence-electron chi connectivity index (χ4n) is 1.08. The third-order valence-electron chi connectivity index (χ3n) is 1.70. The number of anilines is 1. The Morgan fingerprint density at radius 3 is 3.00 bits per heavy atom. The molecule has 16 heavy (non-hydrogen) atoms. The highest BCUT2D eigenvalue weighted by Gasteiger charge is 2.05. The minimum Gasteiger partial charge on any atom is -0.370 e. The van der Waals surface area contributed by atoms with Crippen LogP contribution in [0.2, 0.25) is 0 Å². The smallest absolute Gasteiger partial charge is 0.176 e. The summed E-state index contributed by atoms with van der Waals surface area (Å²) < 4.78 is 5.02. The molecule has 2 aromatic rings. The molecule has 2 aromatic heterocycles. The van der Waals surface area contributed by atoms with Gasteiger partial charge in [-0.1, -0.05) is 0 Å². The van der Waals surface area contributed by atoms with Gasteiger partial charge in [0.05, 0.1) is 0 Å². The summed E-state index contributed by atoms with van der Waals surface area (Å²) >= 11 is 2.89. The largest absolute Gasteiger partial charge is 0.370 e. The maximum absolute atomic E-state index is 4.27. The minimum absolute atomic E-state index is 0.800. The highest BCUT2D eigenvalue weighted by molar-refractivity contribution is 8.00. The first-order valence-electron chi connectivity index (χ1n) is 4.82. The van der Waals surface area contributed by atoms with Crippen LogP contribution in [0.3, 0.4) is 0 Å². The van der Waals surface area contributed by atoms with Crippen molar-refractivity contribution in [2.24, 2.45) is 0 Å². The van der Waals surface area contributed by atoms with Gasteiger partial charge in [-0.15, -0.1) is 0 Å². The van der Waals surface area contributed by atoms with Crippen LogP contribution in [-0.2, 0) is 0 Å². The van der Waals surface area contributed by atoms with Crippen molar-refractivity contribution in [2.75, 3.05) is 11.9 Å². The van der Waals surface area contributed by atoms with Crippen molar-refractivity contribution < 1.29 is 0 Å². The molecule has 2 rings (SSSR count). The van der Waals surface area contributed by atoms with Crippen molar-refractivity contribution in [3.05, 3.63) is 18.2 Å². The van der Waals surface area contributed by atoms with Gasteiger partial charge >= 0.3 is 0 Å². The van der Waals surface area contributed by atoms with E-state index >= 15 is 0 Å². The van der Waals surface area contributed by atoms with E-state index in [1.165, 1.54) is 23.3 Å². The average molecular weight is 253 g/mol. The second-order valence-electron chi connectivity index (χ2n) is 2.98. The van der Waals surface area contributed by atoms with Gasteiger partial charge in [0.1, 0.15) is 23.0 Å². The Labute approximate surface area is 102 Å². The number of hydrogen-bond acceptors (Lipinski definition) is 7. The van der Waals surface area contributed by atoms with E-state index in [-0.39, 0.29) is 0 Å². The Morgan fingerprint density at radius 2 is 2.31 bits per heavy atom. The molecule has 0 spiro atoms. The van der Waals surface area contributed by atoms with Crippen LogP contribution in [0.5, 0.6) is 0 Å². The van der Waals surface area contributed by atoms with Gasteiger partial charge in [0, 0.05) is 12.6 Å². The molecule has 2 heterocycles. The molecule has 0 aromatic carbocycles. The Kier molecular flexibility index (Phi) is 3.68. The molecule has 7 heteroatoms. The van der Waals surface area contributed by atoms with Gasteiger partial charge in [0.25, 0.3) is 0 Å². The number of nitrogens with one attached hydrogen (secondary N) is 1. The molecule has 5 nitrogen and oxygen atoms in total. The number of aryl methyl sites for hydroxylation is 1. The van der Waals surface area contributed by atoms with E-state index in [0.717, 1.165) is 27.6 Å². The summed E-state index contributed by atoms with van der Waals surface area (Å²) in [7, 11) is 0. The van der Waals surface area contributed by atoms with E-state index in [0.29, 0.717) is 0 Å². The van der Waals surface area contributed by atoms with Crippen molar-refractivity contribution in [3.63, 3.8) is 0 Å². The maximum Gasteiger partial charge on any atom is 0.176 e. The summed E-state index contributed by atoms with van der Waals surface area (Å²) in [6, 6.07) is 1.91. The lowest BCUT2D eigenvalue weighted by molar-refractivity contribution is 1.02. The second kappa shape index (κ2) is 5.22. The van der Waals surface area contributed by atoms with Crippen LogP contribution in [0.25, 0.3) is 0 Å². The van der Waals surface area contributed by atoms with Crippen LogP contribution in [0.1, 0.15) is 12.7 Å². The summed E-state index contributed by atoms with van der Waals surface area (Å²) in [6.07, 6.45) is 1.55. The fourth-order valence-corrected chi connectivity index (χ4v) is 2.65. The van der Waals surface area contributed by atoms with Crippen LogP contribution in [0.15, 0.2) is 21.8 Å². The van der Waals surface area contributed by atoms with E-state index in [2.05, 4.69) is 24.6 Å². The highest BCUT2D eigenvalue weighted by atomic mass is 32.2. The van der Waals surface area contributed by atoms with Gasteiger partial charge in [0.15, 0.2) is 4.34 Å². The molecule has 0 saturated carbocycles. The number of hydrogen-bond donors (Lipinski definition) is 1.